The van der Waals surface area contributed by atoms with E-state index in [0.717, 1.165) is 38.4 Å². The first-order chi connectivity index (χ1) is 9.22. The molecule has 2 aliphatic heterocycles. The molecular formula is C16H31ClN2O. The van der Waals surface area contributed by atoms with Crippen LogP contribution < -0.4 is 5.32 Å². The quantitative estimate of drug-likeness (QED) is 0.845. The zero-order valence-corrected chi connectivity index (χ0v) is 13.9. The molecule has 1 amide bonds. The van der Waals surface area contributed by atoms with Gasteiger partial charge in [0.25, 0.3) is 0 Å². The van der Waals surface area contributed by atoms with Crippen LogP contribution in [0.15, 0.2) is 0 Å². The number of carbonyl (C=O) groups is 1. The fourth-order valence-electron chi connectivity index (χ4n) is 3.73. The summed E-state index contributed by atoms with van der Waals surface area (Å²) in [7, 11) is 0. The van der Waals surface area contributed by atoms with Crippen molar-refractivity contribution in [3.8, 4) is 0 Å². The zero-order chi connectivity index (χ0) is 13.7. The number of amides is 1. The lowest BCUT2D eigenvalue weighted by Crippen LogP contribution is -2.47. The molecule has 2 heterocycles. The second kappa shape index (κ2) is 8.89. The van der Waals surface area contributed by atoms with Crippen molar-refractivity contribution in [1.29, 1.82) is 0 Å². The Bertz CT molecular complexity index is 292. The first kappa shape index (κ1) is 17.8. The van der Waals surface area contributed by atoms with Gasteiger partial charge in [-0.2, -0.15) is 0 Å². The van der Waals surface area contributed by atoms with Crippen molar-refractivity contribution < 1.29 is 4.79 Å². The minimum Gasteiger partial charge on any atom is -0.339 e. The highest BCUT2D eigenvalue weighted by Crippen LogP contribution is 2.27. The maximum Gasteiger partial charge on any atom is 0.222 e. The summed E-state index contributed by atoms with van der Waals surface area (Å²) >= 11 is 0. The molecule has 0 aliphatic carbocycles. The molecule has 4 heteroatoms. The van der Waals surface area contributed by atoms with Gasteiger partial charge in [0.15, 0.2) is 0 Å². The standard InChI is InChI=1S/C16H30N2O.ClH/c1-3-5-15-13(2)6-4-11-18(15)16(19)8-7-14-9-10-17-12-14;/h13-15,17H,3-12H2,1-2H3;1H. The van der Waals surface area contributed by atoms with Gasteiger partial charge in [-0.1, -0.05) is 20.3 Å². The predicted molar refractivity (Wildman–Crippen MR) is 86.3 cm³/mol. The Morgan fingerprint density at radius 3 is 2.75 bits per heavy atom. The number of piperidine rings is 1. The van der Waals surface area contributed by atoms with Gasteiger partial charge in [0.2, 0.25) is 5.91 Å². The van der Waals surface area contributed by atoms with E-state index in [-0.39, 0.29) is 12.4 Å². The minimum absolute atomic E-state index is 0. The third-order valence-corrected chi connectivity index (χ3v) is 4.95. The van der Waals surface area contributed by atoms with Gasteiger partial charge in [0, 0.05) is 19.0 Å². The van der Waals surface area contributed by atoms with Crippen LogP contribution in [0.2, 0.25) is 0 Å². The molecule has 0 aromatic rings. The Morgan fingerprint density at radius 2 is 2.10 bits per heavy atom. The Labute approximate surface area is 130 Å². The smallest absolute Gasteiger partial charge is 0.222 e. The monoisotopic (exact) mass is 302 g/mol. The average molecular weight is 303 g/mol. The van der Waals surface area contributed by atoms with E-state index in [1.54, 1.807) is 0 Å². The summed E-state index contributed by atoms with van der Waals surface area (Å²) in [4.78, 5) is 14.7. The molecule has 20 heavy (non-hydrogen) atoms. The molecule has 0 aromatic carbocycles. The van der Waals surface area contributed by atoms with Crippen LogP contribution in [0.5, 0.6) is 0 Å². The number of rotatable bonds is 5. The number of nitrogens with zero attached hydrogens (tertiary/aromatic N) is 1. The van der Waals surface area contributed by atoms with E-state index in [2.05, 4.69) is 24.1 Å². The first-order valence-electron chi connectivity index (χ1n) is 8.22. The van der Waals surface area contributed by atoms with Crippen LogP contribution in [0.25, 0.3) is 0 Å². The van der Waals surface area contributed by atoms with Crippen LogP contribution in [-0.4, -0.2) is 36.5 Å². The Kier molecular flexibility index (Phi) is 7.90. The molecule has 2 saturated heterocycles. The molecule has 0 bridgehead atoms. The van der Waals surface area contributed by atoms with E-state index in [1.807, 2.05) is 0 Å². The lowest BCUT2D eigenvalue weighted by molar-refractivity contribution is -0.136. The maximum absolute atomic E-state index is 12.5. The van der Waals surface area contributed by atoms with Crippen LogP contribution >= 0.6 is 12.4 Å². The molecule has 3 atom stereocenters. The molecule has 3 unspecified atom stereocenters. The fraction of sp³-hybridized carbons (Fsp3) is 0.938. The Morgan fingerprint density at radius 1 is 1.30 bits per heavy atom. The molecule has 0 saturated carbocycles. The third-order valence-electron chi connectivity index (χ3n) is 4.95. The highest BCUT2D eigenvalue weighted by atomic mass is 35.5. The normalized spacial score (nSPS) is 30.1. The van der Waals surface area contributed by atoms with Crippen LogP contribution in [0.4, 0.5) is 0 Å². The number of halogens is 1. The van der Waals surface area contributed by atoms with Crippen molar-refractivity contribution in [2.24, 2.45) is 11.8 Å². The third kappa shape index (κ3) is 4.63. The number of hydrogen-bond donors (Lipinski definition) is 1. The Balaban J connectivity index is 0.00000200. The van der Waals surface area contributed by atoms with Crippen molar-refractivity contribution in [1.82, 2.24) is 10.2 Å². The van der Waals surface area contributed by atoms with Gasteiger partial charge >= 0.3 is 0 Å². The molecule has 0 aromatic heterocycles. The number of carbonyl (C=O) groups excluding carboxylic acids is 1. The van der Waals surface area contributed by atoms with E-state index >= 15 is 0 Å². The second-order valence-electron chi connectivity index (χ2n) is 6.46. The van der Waals surface area contributed by atoms with Crippen molar-refractivity contribution in [2.45, 2.75) is 64.8 Å². The largest absolute Gasteiger partial charge is 0.339 e. The number of hydrogen-bond acceptors (Lipinski definition) is 2. The summed E-state index contributed by atoms with van der Waals surface area (Å²) in [6, 6.07) is 0.507. The highest BCUT2D eigenvalue weighted by Gasteiger charge is 2.31. The van der Waals surface area contributed by atoms with Gasteiger partial charge in [-0.3, -0.25) is 4.79 Å². The van der Waals surface area contributed by atoms with Gasteiger partial charge in [0.1, 0.15) is 0 Å². The molecule has 118 valence electrons. The second-order valence-corrected chi connectivity index (χ2v) is 6.46. The summed E-state index contributed by atoms with van der Waals surface area (Å²) in [5.41, 5.74) is 0. The van der Waals surface area contributed by atoms with Crippen molar-refractivity contribution >= 4 is 18.3 Å². The first-order valence-corrected chi connectivity index (χ1v) is 8.22. The predicted octanol–water partition coefficient (Wildman–Crippen LogP) is 3.23. The van der Waals surface area contributed by atoms with Gasteiger partial charge in [-0.05, 0) is 57.0 Å². The van der Waals surface area contributed by atoms with Crippen molar-refractivity contribution in [3.63, 3.8) is 0 Å². The number of likely N-dealkylation sites (tertiary alicyclic amines) is 1. The molecule has 2 aliphatic rings. The Hall–Kier alpha value is -0.280. The average Bonchev–Trinajstić information content (AvgIpc) is 2.92. The summed E-state index contributed by atoms with van der Waals surface area (Å²) in [5, 5.41) is 3.39. The fourth-order valence-corrected chi connectivity index (χ4v) is 3.73. The van der Waals surface area contributed by atoms with E-state index in [9.17, 15) is 4.79 Å². The molecule has 2 fully saturated rings. The lowest BCUT2D eigenvalue weighted by atomic mass is 9.87. The van der Waals surface area contributed by atoms with Gasteiger partial charge in [0.05, 0.1) is 0 Å². The summed E-state index contributed by atoms with van der Waals surface area (Å²) in [6.45, 7) is 7.80. The maximum atomic E-state index is 12.5. The summed E-state index contributed by atoms with van der Waals surface area (Å²) in [5.74, 6) is 1.83. The lowest BCUT2D eigenvalue weighted by Gasteiger charge is -2.40. The summed E-state index contributed by atoms with van der Waals surface area (Å²) < 4.78 is 0. The van der Waals surface area contributed by atoms with Crippen LogP contribution in [0.1, 0.15) is 58.8 Å². The van der Waals surface area contributed by atoms with E-state index in [0.29, 0.717) is 17.9 Å². The van der Waals surface area contributed by atoms with E-state index in [4.69, 9.17) is 0 Å². The topological polar surface area (TPSA) is 32.3 Å². The zero-order valence-electron chi connectivity index (χ0n) is 13.1. The van der Waals surface area contributed by atoms with Crippen LogP contribution in [-0.2, 0) is 4.79 Å². The van der Waals surface area contributed by atoms with Crippen LogP contribution in [0.3, 0.4) is 0 Å². The van der Waals surface area contributed by atoms with Gasteiger partial charge < -0.3 is 10.2 Å². The molecule has 0 radical (unpaired) electrons. The molecule has 1 N–H and O–H groups in total. The molecule has 2 rings (SSSR count). The van der Waals surface area contributed by atoms with E-state index in [1.165, 1.54) is 32.1 Å². The SMILES string of the molecule is CCCC1C(C)CCCN1C(=O)CCC1CCNC1.Cl. The molecule has 0 spiro atoms. The van der Waals surface area contributed by atoms with Crippen molar-refractivity contribution in [3.05, 3.63) is 0 Å². The highest BCUT2D eigenvalue weighted by molar-refractivity contribution is 5.85. The van der Waals surface area contributed by atoms with E-state index < -0.39 is 0 Å². The van der Waals surface area contributed by atoms with Gasteiger partial charge in [-0.15, -0.1) is 12.4 Å². The van der Waals surface area contributed by atoms with Crippen molar-refractivity contribution in [2.75, 3.05) is 19.6 Å². The molecular weight excluding hydrogens is 272 g/mol. The van der Waals surface area contributed by atoms with Crippen LogP contribution in [0, 0.1) is 11.8 Å². The minimum atomic E-state index is 0. The number of nitrogens with one attached hydrogen (secondary N) is 1. The summed E-state index contributed by atoms with van der Waals surface area (Å²) in [6.07, 6.45) is 7.94. The van der Waals surface area contributed by atoms with Gasteiger partial charge in [-0.25, -0.2) is 0 Å². The molecule has 3 nitrogen and oxygen atoms in total.